The maximum absolute atomic E-state index is 12.8. The SMILES string of the molecule is Cc1cccc(N2CCN(S(=O)(=O)CC(=O)N(C)C3CCCCCC3)CC2)c1. The van der Waals surface area contributed by atoms with Crippen LogP contribution in [0.5, 0.6) is 0 Å². The van der Waals surface area contributed by atoms with Gasteiger partial charge in [0.15, 0.2) is 0 Å². The largest absolute Gasteiger partial charge is 0.369 e. The Morgan fingerprint density at radius 3 is 2.32 bits per heavy atom. The average molecular weight is 408 g/mol. The number of nitrogens with zero attached hydrogens (tertiary/aromatic N) is 3. The second-order valence-corrected chi connectivity index (χ2v) is 10.1. The number of aryl methyl sites for hydroxylation is 1. The molecule has 28 heavy (non-hydrogen) atoms. The van der Waals surface area contributed by atoms with Crippen LogP contribution in [0.3, 0.4) is 0 Å². The molecule has 1 saturated heterocycles. The number of anilines is 1. The van der Waals surface area contributed by atoms with Gasteiger partial charge in [-0.25, -0.2) is 8.42 Å². The van der Waals surface area contributed by atoms with E-state index in [-0.39, 0.29) is 11.9 Å². The normalized spacial score (nSPS) is 20.0. The van der Waals surface area contributed by atoms with Gasteiger partial charge in [0, 0.05) is 45.0 Å². The van der Waals surface area contributed by atoms with Gasteiger partial charge in [-0.05, 0) is 37.5 Å². The summed E-state index contributed by atoms with van der Waals surface area (Å²) >= 11 is 0. The minimum atomic E-state index is -3.57. The monoisotopic (exact) mass is 407 g/mol. The molecule has 1 heterocycles. The van der Waals surface area contributed by atoms with Gasteiger partial charge in [0.25, 0.3) is 0 Å². The molecule has 3 rings (SSSR count). The van der Waals surface area contributed by atoms with E-state index in [0.717, 1.165) is 31.4 Å². The first-order chi connectivity index (χ1) is 13.4. The van der Waals surface area contributed by atoms with Crippen molar-refractivity contribution in [3.8, 4) is 0 Å². The molecule has 7 heteroatoms. The van der Waals surface area contributed by atoms with Gasteiger partial charge in [0.05, 0.1) is 0 Å². The van der Waals surface area contributed by atoms with Crippen LogP contribution >= 0.6 is 0 Å². The van der Waals surface area contributed by atoms with Crippen LogP contribution in [-0.4, -0.2) is 68.6 Å². The lowest BCUT2D eigenvalue weighted by Gasteiger charge is -2.36. The molecule has 6 nitrogen and oxygen atoms in total. The van der Waals surface area contributed by atoms with E-state index in [9.17, 15) is 13.2 Å². The number of hydrogen-bond donors (Lipinski definition) is 0. The van der Waals surface area contributed by atoms with Crippen LogP contribution in [0, 0.1) is 6.92 Å². The Bertz CT molecular complexity index is 765. The highest BCUT2D eigenvalue weighted by Gasteiger charge is 2.31. The summed E-state index contributed by atoms with van der Waals surface area (Å²) in [5.74, 6) is -0.683. The molecular weight excluding hydrogens is 374 g/mol. The van der Waals surface area contributed by atoms with Gasteiger partial charge in [-0.15, -0.1) is 0 Å². The molecule has 1 aromatic carbocycles. The summed E-state index contributed by atoms with van der Waals surface area (Å²) in [6, 6.07) is 8.44. The lowest BCUT2D eigenvalue weighted by atomic mass is 10.1. The molecular formula is C21H33N3O3S. The number of benzene rings is 1. The number of rotatable bonds is 5. The minimum Gasteiger partial charge on any atom is -0.369 e. The molecule has 1 saturated carbocycles. The molecule has 0 atom stereocenters. The third-order valence-corrected chi connectivity index (χ3v) is 7.83. The van der Waals surface area contributed by atoms with Crippen molar-refractivity contribution in [3.05, 3.63) is 29.8 Å². The molecule has 1 aliphatic heterocycles. The number of carbonyl (C=O) groups is 1. The molecule has 0 N–H and O–H groups in total. The fourth-order valence-electron chi connectivity index (χ4n) is 4.25. The van der Waals surface area contributed by atoms with Crippen LogP contribution in [-0.2, 0) is 14.8 Å². The highest BCUT2D eigenvalue weighted by atomic mass is 32.2. The number of amides is 1. The Morgan fingerprint density at radius 2 is 1.71 bits per heavy atom. The number of piperazine rings is 1. The molecule has 1 aliphatic carbocycles. The van der Waals surface area contributed by atoms with Crippen LogP contribution < -0.4 is 4.90 Å². The Labute approximate surface area is 169 Å². The third-order valence-electron chi connectivity index (χ3n) is 6.07. The smallest absolute Gasteiger partial charge is 0.239 e. The molecule has 0 unspecified atom stereocenters. The van der Waals surface area contributed by atoms with Crippen LogP contribution in [0.25, 0.3) is 0 Å². The number of hydrogen-bond acceptors (Lipinski definition) is 4. The summed E-state index contributed by atoms with van der Waals surface area (Å²) in [4.78, 5) is 16.5. The zero-order valence-electron chi connectivity index (χ0n) is 17.1. The van der Waals surface area contributed by atoms with Crippen LogP contribution in [0.2, 0.25) is 0 Å². The lowest BCUT2D eigenvalue weighted by Crippen LogP contribution is -2.51. The van der Waals surface area contributed by atoms with E-state index in [2.05, 4.69) is 30.0 Å². The van der Waals surface area contributed by atoms with Gasteiger partial charge in [-0.2, -0.15) is 4.31 Å². The molecule has 0 spiro atoms. The van der Waals surface area contributed by atoms with Crippen molar-refractivity contribution in [1.29, 1.82) is 0 Å². The average Bonchev–Trinajstić information content (AvgIpc) is 2.96. The second-order valence-electron chi connectivity index (χ2n) is 8.13. The van der Waals surface area contributed by atoms with E-state index in [1.165, 1.54) is 22.7 Å². The van der Waals surface area contributed by atoms with Gasteiger partial charge in [0.2, 0.25) is 15.9 Å². The molecule has 2 aliphatic rings. The second kappa shape index (κ2) is 9.27. The van der Waals surface area contributed by atoms with Crippen molar-refractivity contribution >= 4 is 21.6 Å². The van der Waals surface area contributed by atoms with Crippen molar-refractivity contribution in [2.45, 2.75) is 51.5 Å². The molecule has 2 fully saturated rings. The van der Waals surface area contributed by atoms with E-state index in [0.29, 0.717) is 26.2 Å². The molecule has 1 aromatic rings. The maximum atomic E-state index is 12.8. The fraction of sp³-hybridized carbons (Fsp3) is 0.667. The van der Waals surface area contributed by atoms with E-state index in [1.807, 2.05) is 6.07 Å². The van der Waals surface area contributed by atoms with Gasteiger partial charge in [-0.1, -0.05) is 37.8 Å². The van der Waals surface area contributed by atoms with E-state index >= 15 is 0 Å². The van der Waals surface area contributed by atoms with Crippen molar-refractivity contribution < 1.29 is 13.2 Å². The zero-order valence-corrected chi connectivity index (χ0v) is 18.0. The lowest BCUT2D eigenvalue weighted by molar-refractivity contribution is -0.129. The van der Waals surface area contributed by atoms with Crippen molar-refractivity contribution in [3.63, 3.8) is 0 Å². The minimum absolute atomic E-state index is 0.184. The Kier molecular flexibility index (Phi) is 6.99. The Hall–Kier alpha value is -1.60. The summed E-state index contributed by atoms with van der Waals surface area (Å²) < 4.78 is 27.1. The van der Waals surface area contributed by atoms with Crippen LogP contribution in [0.1, 0.15) is 44.1 Å². The first-order valence-electron chi connectivity index (χ1n) is 10.4. The summed E-state index contributed by atoms with van der Waals surface area (Å²) in [7, 11) is -1.81. The van der Waals surface area contributed by atoms with Gasteiger partial charge >= 0.3 is 0 Å². The predicted molar refractivity (Wildman–Crippen MR) is 113 cm³/mol. The maximum Gasteiger partial charge on any atom is 0.239 e. The van der Waals surface area contributed by atoms with Gasteiger partial charge in [-0.3, -0.25) is 4.79 Å². The van der Waals surface area contributed by atoms with E-state index in [1.54, 1.807) is 11.9 Å². The summed E-state index contributed by atoms with van der Waals surface area (Å²) in [6.07, 6.45) is 6.63. The summed E-state index contributed by atoms with van der Waals surface area (Å²) in [5.41, 5.74) is 2.32. The molecule has 0 bridgehead atoms. The number of carbonyl (C=O) groups excluding carboxylic acids is 1. The highest BCUT2D eigenvalue weighted by molar-refractivity contribution is 7.89. The summed E-state index contributed by atoms with van der Waals surface area (Å²) in [5, 5.41) is 0. The summed E-state index contributed by atoms with van der Waals surface area (Å²) in [6.45, 7) is 4.21. The van der Waals surface area contributed by atoms with Crippen molar-refractivity contribution in [2.75, 3.05) is 43.9 Å². The fourth-order valence-corrected chi connectivity index (χ4v) is 5.66. The van der Waals surface area contributed by atoms with Crippen LogP contribution in [0.4, 0.5) is 5.69 Å². The highest BCUT2D eigenvalue weighted by Crippen LogP contribution is 2.22. The Morgan fingerprint density at radius 1 is 1.07 bits per heavy atom. The molecule has 156 valence electrons. The third kappa shape index (κ3) is 5.26. The first-order valence-corrected chi connectivity index (χ1v) is 12.0. The quantitative estimate of drug-likeness (QED) is 0.704. The number of sulfonamides is 1. The predicted octanol–water partition coefficient (Wildman–Crippen LogP) is 2.63. The first kappa shape index (κ1) is 21.1. The molecule has 0 aromatic heterocycles. The van der Waals surface area contributed by atoms with Crippen LogP contribution in [0.15, 0.2) is 24.3 Å². The molecule has 0 radical (unpaired) electrons. The van der Waals surface area contributed by atoms with E-state index < -0.39 is 15.8 Å². The zero-order chi connectivity index (χ0) is 20.1. The van der Waals surface area contributed by atoms with Crippen molar-refractivity contribution in [1.82, 2.24) is 9.21 Å². The topological polar surface area (TPSA) is 60.9 Å². The van der Waals surface area contributed by atoms with Gasteiger partial charge < -0.3 is 9.80 Å². The van der Waals surface area contributed by atoms with E-state index in [4.69, 9.17) is 0 Å². The standard InChI is InChI=1S/C21H33N3O3S/c1-18-8-7-11-20(16-18)23-12-14-24(15-13-23)28(26,27)17-21(25)22(2)19-9-5-3-4-6-10-19/h7-8,11,16,19H,3-6,9-10,12-15,17H2,1-2H3. The van der Waals surface area contributed by atoms with Gasteiger partial charge in [0.1, 0.15) is 5.75 Å². The Balaban J connectivity index is 1.55. The van der Waals surface area contributed by atoms with Crippen molar-refractivity contribution in [2.24, 2.45) is 0 Å². The molecule has 1 amide bonds.